The number of halogens is 1. The third-order valence-electron chi connectivity index (χ3n) is 2.26. The Kier molecular flexibility index (Phi) is 3.62. The average molecular weight is 268 g/mol. The Labute approximate surface area is 83.0 Å². The molecule has 0 heterocycles. The molecule has 1 aliphatic carbocycles. The second-order valence-corrected chi connectivity index (χ2v) is 4.76. The van der Waals surface area contributed by atoms with Crippen LogP contribution in [0, 0.1) is 5.92 Å². The van der Waals surface area contributed by atoms with Crippen LogP contribution >= 0.6 is 22.6 Å². The molecule has 0 aromatic rings. The summed E-state index contributed by atoms with van der Waals surface area (Å²) in [5.41, 5.74) is 0.0934. The molecule has 1 saturated carbocycles. The van der Waals surface area contributed by atoms with E-state index in [1.54, 1.807) is 0 Å². The van der Waals surface area contributed by atoms with E-state index >= 15 is 0 Å². The minimum absolute atomic E-state index is 0.0934. The third kappa shape index (κ3) is 3.28. The Balaban J connectivity index is 2.09. The maximum absolute atomic E-state index is 5.78. The van der Waals surface area contributed by atoms with Gasteiger partial charge in [-0.15, -0.1) is 0 Å². The average Bonchev–Trinajstić information content (AvgIpc) is 1.84. The largest absolute Gasteiger partial charge is 0.374 e. The van der Waals surface area contributed by atoms with Gasteiger partial charge in [-0.25, -0.2) is 0 Å². The van der Waals surface area contributed by atoms with E-state index in [9.17, 15) is 0 Å². The van der Waals surface area contributed by atoms with Gasteiger partial charge in [0.1, 0.15) is 0 Å². The van der Waals surface area contributed by atoms with Gasteiger partial charge in [0.15, 0.2) is 0 Å². The summed E-state index contributed by atoms with van der Waals surface area (Å²) in [5, 5.41) is 0. The molecule has 0 bridgehead atoms. The molecule has 1 aliphatic rings. The molecule has 0 spiro atoms. The first-order valence-corrected chi connectivity index (χ1v) is 5.86. The van der Waals surface area contributed by atoms with E-state index in [1.807, 2.05) is 0 Å². The van der Waals surface area contributed by atoms with Gasteiger partial charge in [0.05, 0.1) is 12.2 Å². The highest BCUT2D eigenvalue weighted by Crippen LogP contribution is 2.28. The van der Waals surface area contributed by atoms with E-state index in [0.717, 1.165) is 17.0 Å². The van der Waals surface area contributed by atoms with E-state index in [-0.39, 0.29) is 5.60 Å². The van der Waals surface area contributed by atoms with Crippen molar-refractivity contribution >= 4 is 22.6 Å². The molecule has 0 aromatic heterocycles. The van der Waals surface area contributed by atoms with E-state index in [2.05, 4.69) is 36.4 Å². The van der Waals surface area contributed by atoms with Crippen LogP contribution in [0.4, 0.5) is 0 Å². The van der Waals surface area contributed by atoms with Gasteiger partial charge in [-0.1, -0.05) is 29.0 Å². The first-order chi connectivity index (χ1) is 5.14. The maximum atomic E-state index is 5.78. The minimum atomic E-state index is 0.0934. The van der Waals surface area contributed by atoms with Crippen LogP contribution in [0.15, 0.2) is 0 Å². The lowest BCUT2D eigenvalue weighted by Gasteiger charge is -2.30. The highest BCUT2D eigenvalue weighted by Gasteiger charge is 2.22. The Morgan fingerprint density at radius 3 is 2.45 bits per heavy atom. The van der Waals surface area contributed by atoms with Crippen molar-refractivity contribution in [1.29, 1.82) is 0 Å². The van der Waals surface area contributed by atoms with E-state index in [0.29, 0.717) is 0 Å². The normalized spacial score (nSPS) is 19.9. The minimum Gasteiger partial charge on any atom is -0.374 e. The molecule has 11 heavy (non-hydrogen) atoms. The number of hydrogen-bond acceptors (Lipinski definition) is 1. The highest BCUT2D eigenvalue weighted by molar-refractivity contribution is 14.1. The standard InChI is InChI=1S/C9H17IO/c1-9(2,7-10)11-6-8-4-3-5-8/h8H,3-7H2,1-2H3. The topological polar surface area (TPSA) is 9.23 Å². The third-order valence-corrected chi connectivity index (χ3v) is 4.09. The van der Waals surface area contributed by atoms with Gasteiger partial charge in [0.2, 0.25) is 0 Å². The van der Waals surface area contributed by atoms with Gasteiger partial charge in [-0.3, -0.25) is 0 Å². The van der Waals surface area contributed by atoms with E-state index in [4.69, 9.17) is 4.74 Å². The van der Waals surface area contributed by atoms with E-state index < -0.39 is 0 Å². The van der Waals surface area contributed by atoms with Crippen LogP contribution in [-0.4, -0.2) is 16.6 Å². The Morgan fingerprint density at radius 1 is 1.45 bits per heavy atom. The monoisotopic (exact) mass is 268 g/mol. The first-order valence-electron chi connectivity index (χ1n) is 4.34. The summed E-state index contributed by atoms with van der Waals surface area (Å²) in [6.07, 6.45) is 4.19. The van der Waals surface area contributed by atoms with Crippen molar-refractivity contribution in [2.75, 3.05) is 11.0 Å². The predicted octanol–water partition coefficient (Wildman–Crippen LogP) is 3.02. The lowest BCUT2D eigenvalue weighted by atomic mass is 9.86. The molecular formula is C9H17IO. The molecule has 1 nitrogen and oxygen atoms in total. The summed E-state index contributed by atoms with van der Waals surface area (Å²) in [6.45, 7) is 5.31. The molecule has 0 aromatic carbocycles. The van der Waals surface area contributed by atoms with Crippen molar-refractivity contribution < 1.29 is 4.74 Å². The van der Waals surface area contributed by atoms with Crippen LogP contribution in [0.5, 0.6) is 0 Å². The fourth-order valence-corrected chi connectivity index (χ4v) is 1.26. The number of ether oxygens (including phenoxy) is 1. The number of hydrogen-bond donors (Lipinski definition) is 0. The van der Waals surface area contributed by atoms with Crippen molar-refractivity contribution in [2.24, 2.45) is 5.92 Å². The van der Waals surface area contributed by atoms with Gasteiger partial charge >= 0.3 is 0 Å². The van der Waals surface area contributed by atoms with Crippen LogP contribution in [-0.2, 0) is 4.74 Å². The molecule has 0 amide bonds. The second kappa shape index (κ2) is 4.08. The van der Waals surface area contributed by atoms with Crippen molar-refractivity contribution in [1.82, 2.24) is 0 Å². The fraction of sp³-hybridized carbons (Fsp3) is 1.00. The molecule has 66 valence electrons. The summed E-state index contributed by atoms with van der Waals surface area (Å²) in [7, 11) is 0. The fourth-order valence-electron chi connectivity index (χ4n) is 1.04. The molecule has 2 heteroatoms. The number of alkyl halides is 1. The molecule has 0 N–H and O–H groups in total. The lowest BCUT2D eigenvalue weighted by molar-refractivity contribution is -0.0304. The van der Waals surface area contributed by atoms with Crippen molar-refractivity contribution in [3.05, 3.63) is 0 Å². The summed E-state index contributed by atoms with van der Waals surface area (Å²) >= 11 is 2.38. The summed E-state index contributed by atoms with van der Waals surface area (Å²) < 4.78 is 6.86. The van der Waals surface area contributed by atoms with Crippen molar-refractivity contribution in [2.45, 2.75) is 38.7 Å². The van der Waals surface area contributed by atoms with Crippen LogP contribution in [0.2, 0.25) is 0 Å². The molecule has 0 saturated heterocycles. The quantitative estimate of drug-likeness (QED) is 0.562. The summed E-state index contributed by atoms with van der Waals surface area (Å²) in [5.74, 6) is 0.872. The zero-order valence-corrected chi connectivity index (χ0v) is 9.56. The summed E-state index contributed by atoms with van der Waals surface area (Å²) in [4.78, 5) is 0. The Morgan fingerprint density at radius 2 is 2.09 bits per heavy atom. The van der Waals surface area contributed by atoms with Crippen LogP contribution in [0.3, 0.4) is 0 Å². The summed E-state index contributed by atoms with van der Waals surface area (Å²) in [6, 6.07) is 0. The van der Waals surface area contributed by atoms with Crippen LogP contribution < -0.4 is 0 Å². The predicted molar refractivity (Wildman–Crippen MR) is 56.3 cm³/mol. The number of rotatable bonds is 4. The maximum Gasteiger partial charge on any atom is 0.0715 e. The van der Waals surface area contributed by atoms with Crippen LogP contribution in [0.25, 0.3) is 0 Å². The van der Waals surface area contributed by atoms with Gasteiger partial charge in [-0.2, -0.15) is 0 Å². The molecular weight excluding hydrogens is 251 g/mol. The molecule has 0 radical (unpaired) electrons. The Hall–Kier alpha value is 0.690. The molecule has 0 aliphatic heterocycles. The van der Waals surface area contributed by atoms with Gasteiger partial charge in [0, 0.05) is 4.43 Å². The SMILES string of the molecule is CC(C)(CI)OCC1CCC1. The van der Waals surface area contributed by atoms with E-state index in [1.165, 1.54) is 19.3 Å². The lowest BCUT2D eigenvalue weighted by Crippen LogP contribution is -2.30. The van der Waals surface area contributed by atoms with Gasteiger partial charge < -0.3 is 4.74 Å². The van der Waals surface area contributed by atoms with Crippen LogP contribution in [0.1, 0.15) is 33.1 Å². The smallest absolute Gasteiger partial charge is 0.0715 e. The molecule has 0 atom stereocenters. The van der Waals surface area contributed by atoms with Crippen molar-refractivity contribution in [3.8, 4) is 0 Å². The van der Waals surface area contributed by atoms with Gasteiger partial charge in [0.25, 0.3) is 0 Å². The molecule has 0 unspecified atom stereocenters. The zero-order chi connectivity index (χ0) is 8.32. The zero-order valence-electron chi connectivity index (χ0n) is 7.40. The first kappa shape index (κ1) is 9.78. The second-order valence-electron chi connectivity index (χ2n) is 4.00. The van der Waals surface area contributed by atoms with Crippen molar-refractivity contribution in [3.63, 3.8) is 0 Å². The Bertz CT molecular complexity index is 119. The molecule has 1 rings (SSSR count). The highest BCUT2D eigenvalue weighted by atomic mass is 127. The molecule has 1 fully saturated rings. The van der Waals surface area contributed by atoms with Gasteiger partial charge in [-0.05, 0) is 32.6 Å².